The smallest absolute Gasteiger partial charge is 0.338 e. The van der Waals surface area contributed by atoms with E-state index in [4.69, 9.17) is 20.8 Å². The Kier molecular flexibility index (Phi) is 7.64. The van der Waals surface area contributed by atoms with Crippen molar-refractivity contribution in [3.8, 4) is 11.3 Å². The Morgan fingerprint density at radius 2 is 1.89 bits per heavy atom. The second-order valence-corrected chi connectivity index (χ2v) is 12.1. The maximum Gasteiger partial charge on any atom is 0.338 e. The number of nitrogens with zero attached hydrogens (tertiary/aromatic N) is 2. The molecule has 0 saturated carbocycles. The number of ether oxygens (including phenoxy) is 1. The van der Waals surface area contributed by atoms with Crippen molar-refractivity contribution in [3.63, 3.8) is 0 Å². The van der Waals surface area contributed by atoms with Crippen LogP contribution in [0.2, 0.25) is 5.02 Å². The predicted molar refractivity (Wildman–Crippen MR) is 156 cm³/mol. The summed E-state index contributed by atoms with van der Waals surface area (Å²) in [6.45, 7) is 5.32. The second kappa shape index (κ2) is 10.8. The number of benzene rings is 2. The number of hydrogen-bond donors (Lipinski definition) is 0. The van der Waals surface area contributed by atoms with Crippen LogP contribution in [0.15, 0.2) is 89.0 Å². The van der Waals surface area contributed by atoms with E-state index in [0.717, 1.165) is 20.1 Å². The van der Waals surface area contributed by atoms with Crippen LogP contribution in [0, 0.1) is 0 Å². The number of carbonyl (C=O) groups excluding carboxylic acids is 1. The standard InChI is InChI=1S/C28H21Br2ClN2O4S/c1-14(2)36-27(35)24-15(3)32-28-33(25(24)16-4-7-18(31)8-5-16)26(34)23(38-28)13-19-9-11-22(37-19)20-12-17(29)6-10-21(20)30/h4-14,25H,1-3H3/b23-13+/t25-/m1/s1. The number of carbonyl (C=O) groups is 1. The first-order chi connectivity index (χ1) is 18.1. The van der Waals surface area contributed by atoms with E-state index in [1.165, 1.54) is 11.3 Å². The number of thiazole rings is 1. The van der Waals surface area contributed by atoms with Crippen LogP contribution in [0.1, 0.15) is 38.1 Å². The molecule has 4 aromatic rings. The number of fused-ring (bicyclic) bond motifs is 1. The number of furan rings is 1. The highest BCUT2D eigenvalue weighted by atomic mass is 79.9. The fourth-order valence-electron chi connectivity index (χ4n) is 4.21. The molecule has 0 fully saturated rings. The van der Waals surface area contributed by atoms with E-state index in [9.17, 15) is 9.59 Å². The van der Waals surface area contributed by atoms with Crippen LogP contribution in [-0.4, -0.2) is 16.6 Å². The Hall–Kier alpha value is -2.72. The highest BCUT2D eigenvalue weighted by Gasteiger charge is 2.33. The van der Waals surface area contributed by atoms with Gasteiger partial charge in [0.15, 0.2) is 4.80 Å². The molecular weight excluding hydrogens is 656 g/mol. The Morgan fingerprint density at radius 1 is 1.16 bits per heavy atom. The molecule has 1 atom stereocenters. The third kappa shape index (κ3) is 5.25. The maximum atomic E-state index is 13.8. The monoisotopic (exact) mass is 674 g/mol. The normalized spacial score (nSPS) is 15.6. The van der Waals surface area contributed by atoms with Crippen molar-refractivity contribution in [3.05, 3.63) is 111 Å². The number of allylic oxidation sites excluding steroid dienone is 1. The Bertz CT molecular complexity index is 1770. The lowest BCUT2D eigenvalue weighted by Gasteiger charge is -2.25. The number of halogens is 3. The van der Waals surface area contributed by atoms with Crippen molar-refractivity contribution in [1.82, 2.24) is 4.57 Å². The van der Waals surface area contributed by atoms with Crippen molar-refractivity contribution >= 4 is 66.8 Å². The van der Waals surface area contributed by atoms with E-state index in [-0.39, 0.29) is 11.7 Å². The first kappa shape index (κ1) is 26.9. The molecule has 0 bridgehead atoms. The SMILES string of the molecule is CC1=C(C(=O)OC(C)C)[C@@H](c2ccc(Cl)cc2)n2c(s/c(=C/c3ccc(-c4cc(Br)ccc4Br)o3)c2=O)=N1. The maximum absolute atomic E-state index is 13.8. The van der Waals surface area contributed by atoms with Crippen LogP contribution in [0.5, 0.6) is 0 Å². The molecule has 0 N–H and O–H groups in total. The summed E-state index contributed by atoms with van der Waals surface area (Å²) in [6, 6.07) is 15.9. The average Bonchev–Trinajstić information content (AvgIpc) is 3.44. The van der Waals surface area contributed by atoms with E-state index in [1.54, 1.807) is 55.7 Å². The summed E-state index contributed by atoms with van der Waals surface area (Å²) in [4.78, 5) is 32.0. The van der Waals surface area contributed by atoms with Crippen molar-refractivity contribution in [2.45, 2.75) is 32.9 Å². The van der Waals surface area contributed by atoms with Crippen molar-refractivity contribution in [2.24, 2.45) is 4.99 Å². The topological polar surface area (TPSA) is 73.8 Å². The van der Waals surface area contributed by atoms with Gasteiger partial charge in [-0.1, -0.05) is 66.9 Å². The molecule has 5 rings (SSSR count). The second-order valence-electron chi connectivity index (χ2n) is 8.91. The minimum atomic E-state index is -0.707. The molecule has 0 spiro atoms. The van der Waals surface area contributed by atoms with Crippen molar-refractivity contribution in [1.29, 1.82) is 0 Å². The molecule has 0 unspecified atom stereocenters. The zero-order chi connectivity index (χ0) is 27.1. The summed E-state index contributed by atoms with van der Waals surface area (Å²) in [7, 11) is 0. The molecule has 0 aliphatic carbocycles. The van der Waals surface area contributed by atoms with Crippen LogP contribution in [0.25, 0.3) is 17.4 Å². The number of esters is 1. The molecule has 1 aliphatic rings. The average molecular weight is 677 g/mol. The van der Waals surface area contributed by atoms with E-state index in [1.807, 2.05) is 30.3 Å². The summed E-state index contributed by atoms with van der Waals surface area (Å²) in [6.07, 6.45) is 1.38. The Morgan fingerprint density at radius 3 is 2.61 bits per heavy atom. The fourth-order valence-corrected chi connectivity index (χ4v) is 6.17. The lowest BCUT2D eigenvalue weighted by molar-refractivity contribution is -0.143. The van der Waals surface area contributed by atoms with Gasteiger partial charge in [0.25, 0.3) is 5.56 Å². The van der Waals surface area contributed by atoms with Crippen LogP contribution in [0.4, 0.5) is 0 Å². The molecule has 2 aromatic carbocycles. The quantitative estimate of drug-likeness (QED) is 0.223. The van der Waals surface area contributed by atoms with Gasteiger partial charge in [-0.15, -0.1) is 0 Å². The Balaban J connectivity index is 1.64. The van der Waals surface area contributed by atoms with Crippen molar-refractivity contribution < 1.29 is 13.9 Å². The van der Waals surface area contributed by atoms with Gasteiger partial charge in [0.05, 0.1) is 27.9 Å². The van der Waals surface area contributed by atoms with Crippen LogP contribution in [-0.2, 0) is 9.53 Å². The number of aromatic nitrogens is 1. The first-order valence-corrected chi connectivity index (χ1v) is 14.4. The molecule has 38 heavy (non-hydrogen) atoms. The van der Waals surface area contributed by atoms with Crippen LogP contribution >= 0.6 is 54.8 Å². The third-order valence-corrected chi connectivity index (χ3v) is 8.28. The summed E-state index contributed by atoms with van der Waals surface area (Å²) < 4.78 is 15.4. The van der Waals surface area contributed by atoms with Crippen LogP contribution < -0.4 is 14.9 Å². The van der Waals surface area contributed by atoms with Gasteiger partial charge in [-0.2, -0.15) is 0 Å². The molecule has 0 radical (unpaired) electrons. The number of hydrogen-bond acceptors (Lipinski definition) is 6. The number of rotatable bonds is 5. The van der Waals surface area contributed by atoms with Crippen molar-refractivity contribution in [2.75, 3.05) is 0 Å². The van der Waals surface area contributed by atoms with Gasteiger partial charge in [0.2, 0.25) is 0 Å². The summed E-state index contributed by atoms with van der Waals surface area (Å²) in [5.74, 6) is 0.673. The lowest BCUT2D eigenvalue weighted by atomic mass is 9.96. The molecule has 6 nitrogen and oxygen atoms in total. The summed E-state index contributed by atoms with van der Waals surface area (Å²) >= 11 is 14.4. The molecule has 0 saturated heterocycles. The zero-order valence-corrected chi connectivity index (χ0v) is 25.2. The van der Waals surface area contributed by atoms with E-state index < -0.39 is 12.0 Å². The summed E-state index contributed by atoms with van der Waals surface area (Å²) in [5, 5.41) is 0.555. The molecule has 1 aliphatic heterocycles. The van der Waals surface area contributed by atoms with Gasteiger partial charge < -0.3 is 9.15 Å². The Labute approximate surface area is 244 Å². The fraction of sp³-hybridized carbons (Fsp3) is 0.179. The molecular formula is C28H21Br2ClN2O4S. The van der Waals surface area contributed by atoms with Gasteiger partial charge in [-0.25, -0.2) is 9.79 Å². The van der Waals surface area contributed by atoms with Gasteiger partial charge in [0.1, 0.15) is 11.5 Å². The molecule has 2 aromatic heterocycles. The van der Waals surface area contributed by atoms with Gasteiger partial charge in [0, 0.05) is 25.6 Å². The lowest BCUT2D eigenvalue weighted by Crippen LogP contribution is -2.40. The van der Waals surface area contributed by atoms with Crippen LogP contribution in [0.3, 0.4) is 0 Å². The largest absolute Gasteiger partial charge is 0.459 e. The van der Waals surface area contributed by atoms with E-state index in [2.05, 4.69) is 36.9 Å². The van der Waals surface area contributed by atoms with Gasteiger partial charge in [-0.05, 0) is 68.8 Å². The highest BCUT2D eigenvalue weighted by Crippen LogP contribution is 2.33. The predicted octanol–water partition coefficient (Wildman–Crippen LogP) is 6.63. The first-order valence-electron chi connectivity index (χ1n) is 11.7. The third-order valence-electron chi connectivity index (χ3n) is 5.86. The molecule has 194 valence electrons. The zero-order valence-electron chi connectivity index (χ0n) is 20.5. The van der Waals surface area contributed by atoms with Gasteiger partial charge >= 0.3 is 5.97 Å². The van der Waals surface area contributed by atoms with Gasteiger partial charge in [-0.3, -0.25) is 9.36 Å². The minimum Gasteiger partial charge on any atom is -0.459 e. The highest BCUT2D eigenvalue weighted by molar-refractivity contribution is 9.11. The molecule has 10 heteroatoms. The molecule has 0 amide bonds. The van der Waals surface area contributed by atoms with E-state index >= 15 is 0 Å². The molecule has 3 heterocycles. The minimum absolute atomic E-state index is 0.280. The van der Waals surface area contributed by atoms with E-state index in [0.29, 0.717) is 37.1 Å². The summed E-state index contributed by atoms with van der Waals surface area (Å²) in [5.41, 5.74) is 2.15.